The Bertz CT molecular complexity index is 834. The molecule has 0 saturated heterocycles. The van der Waals surface area contributed by atoms with Crippen molar-refractivity contribution >= 4 is 23.3 Å². The first-order valence-corrected chi connectivity index (χ1v) is 8.13. The van der Waals surface area contributed by atoms with Gasteiger partial charge >= 0.3 is 0 Å². The number of nitrogens with two attached hydrogens (primary N) is 1. The molecule has 0 atom stereocenters. The number of nitrogen functional groups attached to an aromatic ring is 1. The molecular weight excluding hydrogens is 314 g/mol. The first-order valence-electron chi connectivity index (χ1n) is 8.13. The quantitative estimate of drug-likeness (QED) is 0.594. The van der Waals surface area contributed by atoms with Crippen molar-refractivity contribution < 1.29 is 0 Å². The molecule has 0 aliphatic heterocycles. The molecule has 25 heavy (non-hydrogen) atoms. The molecule has 0 radical (unpaired) electrons. The molecule has 0 bridgehead atoms. The third-order valence-corrected chi connectivity index (χ3v) is 3.39. The van der Waals surface area contributed by atoms with Gasteiger partial charge in [-0.2, -0.15) is 15.0 Å². The number of rotatable bonds is 6. The zero-order valence-electron chi connectivity index (χ0n) is 14.3. The number of aromatic nitrogens is 4. The van der Waals surface area contributed by atoms with Gasteiger partial charge in [-0.25, -0.2) is 0 Å². The molecule has 0 aliphatic carbocycles. The van der Waals surface area contributed by atoms with Crippen LogP contribution in [0.3, 0.4) is 0 Å². The number of hydrogen-bond donors (Lipinski definition) is 3. The Morgan fingerprint density at radius 2 is 1.76 bits per heavy atom. The molecule has 2 aromatic heterocycles. The summed E-state index contributed by atoms with van der Waals surface area (Å²) in [5.41, 5.74) is 8.25. The molecule has 0 amide bonds. The van der Waals surface area contributed by atoms with E-state index in [1.165, 1.54) is 0 Å². The molecule has 0 fully saturated rings. The van der Waals surface area contributed by atoms with Crippen LogP contribution in [0.25, 0.3) is 11.4 Å². The van der Waals surface area contributed by atoms with Gasteiger partial charge in [0, 0.05) is 35.9 Å². The molecule has 0 unspecified atom stereocenters. The molecule has 3 aromatic rings. The SMILES string of the molecule is CC(C)CNc1nc(Nc2ccncc2)nc(-c2cccc(N)c2)n1. The van der Waals surface area contributed by atoms with E-state index in [4.69, 9.17) is 5.73 Å². The highest BCUT2D eigenvalue weighted by atomic mass is 15.2. The lowest BCUT2D eigenvalue weighted by Gasteiger charge is -2.11. The van der Waals surface area contributed by atoms with Gasteiger partial charge in [0.2, 0.25) is 11.9 Å². The standard InChI is InChI=1S/C18H21N7/c1-12(2)11-21-17-23-16(13-4-3-5-14(19)10-13)24-18(25-17)22-15-6-8-20-9-7-15/h3-10,12H,11,19H2,1-2H3,(H2,20,21,22,23,24,25). The number of anilines is 4. The third kappa shape index (κ3) is 4.63. The van der Waals surface area contributed by atoms with Crippen LogP contribution in [-0.2, 0) is 0 Å². The van der Waals surface area contributed by atoms with Crippen LogP contribution in [0.5, 0.6) is 0 Å². The largest absolute Gasteiger partial charge is 0.399 e. The Morgan fingerprint density at radius 1 is 1.00 bits per heavy atom. The summed E-state index contributed by atoms with van der Waals surface area (Å²) in [6.07, 6.45) is 3.42. The third-order valence-electron chi connectivity index (χ3n) is 3.39. The lowest BCUT2D eigenvalue weighted by molar-refractivity contribution is 0.684. The van der Waals surface area contributed by atoms with Gasteiger partial charge in [-0.1, -0.05) is 26.0 Å². The topological polar surface area (TPSA) is 102 Å². The maximum Gasteiger partial charge on any atom is 0.232 e. The molecule has 3 rings (SSSR count). The highest BCUT2D eigenvalue weighted by Crippen LogP contribution is 2.21. The summed E-state index contributed by atoms with van der Waals surface area (Å²) in [6.45, 7) is 5.03. The summed E-state index contributed by atoms with van der Waals surface area (Å²) in [5, 5.41) is 6.43. The second kappa shape index (κ2) is 7.57. The fourth-order valence-electron chi connectivity index (χ4n) is 2.18. The van der Waals surface area contributed by atoms with Crippen molar-refractivity contribution in [1.29, 1.82) is 0 Å². The summed E-state index contributed by atoms with van der Waals surface area (Å²) in [5.74, 6) is 2.02. The maximum atomic E-state index is 5.88. The predicted molar refractivity (Wildman–Crippen MR) is 101 cm³/mol. The number of nitrogens with zero attached hydrogens (tertiary/aromatic N) is 4. The van der Waals surface area contributed by atoms with Gasteiger partial charge in [0.05, 0.1) is 0 Å². The Morgan fingerprint density at radius 3 is 2.48 bits per heavy atom. The summed E-state index contributed by atoms with van der Waals surface area (Å²) in [7, 11) is 0. The minimum absolute atomic E-state index is 0.463. The normalized spacial score (nSPS) is 10.7. The summed E-state index contributed by atoms with van der Waals surface area (Å²) in [6, 6.07) is 11.2. The molecule has 4 N–H and O–H groups in total. The smallest absolute Gasteiger partial charge is 0.232 e. The van der Waals surface area contributed by atoms with Gasteiger partial charge in [-0.3, -0.25) is 4.98 Å². The van der Waals surface area contributed by atoms with E-state index < -0.39 is 0 Å². The van der Waals surface area contributed by atoms with Crippen LogP contribution in [-0.4, -0.2) is 26.5 Å². The second-order valence-electron chi connectivity index (χ2n) is 6.07. The Hall–Kier alpha value is -3.22. The molecule has 0 aliphatic rings. The van der Waals surface area contributed by atoms with Crippen LogP contribution in [0.2, 0.25) is 0 Å². The van der Waals surface area contributed by atoms with Crippen molar-refractivity contribution in [1.82, 2.24) is 19.9 Å². The zero-order chi connectivity index (χ0) is 17.6. The number of hydrogen-bond acceptors (Lipinski definition) is 7. The van der Waals surface area contributed by atoms with E-state index in [-0.39, 0.29) is 0 Å². The average Bonchev–Trinajstić information content (AvgIpc) is 2.61. The monoisotopic (exact) mass is 335 g/mol. The van der Waals surface area contributed by atoms with Crippen LogP contribution in [0.15, 0.2) is 48.8 Å². The van der Waals surface area contributed by atoms with Crippen molar-refractivity contribution in [2.75, 3.05) is 22.9 Å². The highest BCUT2D eigenvalue weighted by molar-refractivity contribution is 5.64. The Kier molecular flexibility index (Phi) is 5.03. The minimum Gasteiger partial charge on any atom is -0.399 e. The van der Waals surface area contributed by atoms with E-state index in [2.05, 4.69) is 44.4 Å². The summed E-state index contributed by atoms with van der Waals surface area (Å²) >= 11 is 0. The van der Waals surface area contributed by atoms with E-state index in [0.29, 0.717) is 29.3 Å². The van der Waals surface area contributed by atoms with Crippen molar-refractivity contribution in [2.45, 2.75) is 13.8 Å². The van der Waals surface area contributed by atoms with Gasteiger partial charge < -0.3 is 16.4 Å². The molecule has 0 spiro atoms. The van der Waals surface area contributed by atoms with Crippen LogP contribution in [0.4, 0.5) is 23.3 Å². The second-order valence-corrected chi connectivity index (χ2v) is 6.07. The van der Waals surface area contributed by atoms with Crippen molar-refractivity contribution in [2.24, 2.45) is 5.92 Å². The number of nitrogens with one attached hydrogen (secondary N) is 2. The Labute approximate surface area is 146 Å². The van der Waals surface area contributed by atoms with E-state index in [1.807, 2.05) is 36.4 Å². The molecule has 1 aromatic carbocycles. The molecule has 2 heterocycles. The molecule has 7 heteroatoms. The molecular formula is C18H21N7. The van der Waals surface area contributed by atoms with Gasteiger partial charge in [-0.15, -0.1) is 0 Å². The number of benzene rings is 1. The van der Waals surface area contributed by atoms with E-state index in [0.717, 1.165) is 17.8 Å². The van der Waals surface area contributed by atoms with Crippen LogP contribution in [0, 0.1) is 5.92 Å². The highest BCUT2D eigenvalue weighted by Gasteiger charge is 2.10. The molecule has 128 valence electrons. The van der Waals surface area contributed by atoms with Gasteiger partial charge in [-0.05, 0) is 30.2 Å². The fourth-order valence-corrected chi connectivity index (χ4v) is 2.18. The van der Waals surface area contributed by atoms with Crippen LogP contribution in [0.1, 0.15) is 13.8 Å². The van der Waals surface area contributed by atoms with E-state index in [1.54, 1.807) is 12.4 Å². The molecule has 0 saturated carbocycles. The maximum absolute atomic E-state index is 5.88. The van der Waals surface area contributed by atoms with Crippen molar-refractivity contribution in [3.63, 3.8) is 0 Å². The van der Waals surface area contributed by atoms with E-state index >= 15 is 0 Å². The van der Waals surface area contributed by atoms with Crippen LogP contribution >= 0.6 is 0 Å². The summed E-state index contributed by atoms with van der Waals surface area (Å²) < 4.78 is 0. The molecule has 7 nitrogen and oxygen atoms in total. The van der Waals surface area contributed by atoms with Gasteiger partial charge in [0.1, 0.15) is 0 Å². The minimum atomic E-state index is 0.463. The van der Waals surface area contributed by atoms with Gasteiger partial charge in [0.25, 0.3) is 0 Å². The fraction of sp³-hybridized carbons (Fsp3) is 0.222. The first kappa shape index (κ1) is 16.6. The first-order chi connectivity index (χ1) is 12.1. The zero-order valence-corrected chi connectivity index (χ0v) is 14.3. The lowest BCUT2D eigenvalue weighted by Crippen LogP contribution is -2.13. The van der Waals surface area contributed by atoms with Crippen molar-refractivity contribution in [3.05, 3.63) is 48.8 Å². The van der Waals surface area contributed by atoms with Crippen molar-refractivity contribution in [3.8, 4) is 11.4 Å². The lowest BCUT2D eigenvalue weighted by atomic mass is 10.2. The predicted octanol–water partition coefficient (Wildman–Crippen LogP) is 3.33. The number of pyridine rings is 1. The van der Waals surface area contributed by atoms with E-state index in [9.17, 15) is 0 Å². The van der Waals surface area contributed by atoms with Crippen LogP contribution < -0.4 is 16.4 Å². The average molecular weight is 335 g/mol. The Balaban J connectivity index is 1.96. The van der Waals surface area contributed by atoms with Gasteiger partial charge in [0.15, 0.2) is 5.82 Å². The summed E-state index contributed by atoms with van der Waals surface area (Å²) in [4.78, 5) is 17.5.